The van der Waals surface area contributed by atoms with E-state index in [2.05, 4.69) is 10.6 Å². The number of ether oxygens (including phenoxy) is 1. The van der Waals surface area contributed by atoms with E-state index in [0.29, 0.717) is 27.6 Å². The maximum Gasteiger partial charge on any atom is 0.265 e. The number of anilines is 2. The fourth-order valence-corrected chi connectivity index (χ4v) is 2.89. The summed E-state index contributed by atoms with van der Waals surface area (Å²) in [6.07, 6.45) is 0. The molecule has 0 unspecified atom stereocenters. The van der Waals surface area contributed by atoms with Gasteiger partial charge in [-0.2, -0.15) is 0 Å². The standard InChI is InChI=1S/C19H16N2O3S/c1-24-16-6-3-2-5-15(16)18(22)20-13-8-10-14(11-9-13)21-19(23)17-7-4-12-25-17/h2-12H,1H3,(H,20,22)(H,21,23). The van der Waals surface area contributed by atoms with Crippen LogP contribution in [0.15, 0.2) is 66.0 Å². The number of carbonyl (C=O) groups is 2. The van der Waals surface area contributed by atoms with Crippen LogP contribution >= 0.6 is 11.3 Å². The molecule has 2 N–H and O–H groups in total. The molecule has 1 heterocycles. The van der Waals surface area contributed by atoms with Crippen molar-refractivity contribution in [1.29, 1.82) is 0 Å². The van der Waals surface area contributed by atoms with E-state index in [1.165, 1.54) is 18.4 Å². The van der Waals surface area contributed by atoms with E-state index in [0.717, 1.165) is 0 Å². The molecule has 2 aromatic carbocycles. The van der Waals surface area contributed by atoms with Crippen molar-refractivity contribution < 1.29 is 14.3 Å². The van der Waals surface area contributed by atoms with E-state index in [4.69, 9.17) is 4.74 Å². The molecular weight excluding hydrogens is 336 g/mol. The molecule has 1 aromatic heterocycles. The van der Waals surface area contributed by atoms with Gasteiger partial charge in [0.1, 0.15) is 5.75 Å². The third kappa shape index (κ3) is 4.05. The number of para-hydroxylation sites is 1. The zero-order valence-electron chi connectivity index (χ0n) is 13.5. The first-order chi connectivity index (χ1) is 12.2. The van der Waals surface area contributed by atoms with E-state index in [1.54, 1.807) is 54.6 Å². The van der Waals surface area contributed by atoms with Gasteiger partial charge in [0, 0.05) is 11.4 Å². The van der Waals surface area contributed by atoms with Crippen LogP contribution < -0.4 is 15.4 Å². The number of thiophene rings is 1. The van der Waals surface area contributed by atoms with Crippen molar-refractivity contribution in [2.24, 2.45) is 0 Å². The maximum absolute atomic E-state index is 12.4. The van der Waals surface area contributed by atoms with Crippen LogP contribution in [0.3, 0.4) is 0 Å². The SMILES string of the molecule is COc1ccccc1C(=O)Nc1ccc(NC(=O)c2cccs2)cc1. The summed E-state index contributed by atoms with van der Waals surface area (Å²) < 4.78 is 5.20. The molecule has 0 atom stereocenters. The second-order valence-corrected chi connectivity index (χ2v) is 6.11. The fraction of sp³-hybridized carbons (Fsp3) is 0.0526. The van der Waals surface area contributed by atoms with Gasteiger partial charge >= 0.3 is 0 Å². The highest BCUT2D eigenvalue weighted by Crippen LogP contribution is 2.20. The Morgan fingerprint density at radius 3 is 2.08 bits per heavy atom. The molecule has 0 saturated heterocycles. The number of hydrogen-bond acceptors (Lipinski definition) is 4. The Balaban J connectivity index is 1.66. The lowest BCUT2D eigenvalue weighted by Crippen LogP contribution is -2.13. The van der Waals surface area contributed by atoms with Crippen LogP contribution in [-0.2, 0) is 0 Å². The molecule has 0 bridgehead atoms. The van der Waals surface area contributed by atoms with E-state index < -0.39 is 0 Å². The van der Waals surface area contributed by atoms with Crippen LogP contribution in [0.4, 0.5) is 11.4 Å². The van der Waals surface area contributed by atoms with E-state index in [1.807, 2.05) is 11.4 Å². The second-order valence-electron chi connectivity index (χ2n) is 5.16. The average Bonchev–Trinajstić information content (AvgIpc) is 3.18. The molecule has 0 fully saturated rings. The first-order valence-electron chi connectivity index (χ1n) is 7.56. The predicted molar refractivity (Wildman–Crippen MR) is 99.7 cm³/mol. The van der Waals surface area contributed by atoms with Gasteiger partial charge in [0.05, 0.1) is 17.6 Å². The molecule has 0 spiro atoms. The molecule has 0 aliphatic carbocycles. The topological polar surface area (TPSA) is 67.4 Å². The van der Waals surface area contributed by atoms with Crippen molar-refractivity contribution in [3.63, 3.8) is 0 Å². The first kappa shape index (κ1) is 16.7. The van der Waals surface area contributed by atoms with Gasteiger partial charge in [-0.1, -0.05) is 18.2 Å². The summed E-state index contributed by atoms with van der Waals surface area (Å²) in [5, 5.41) is 7.48. The number of nitrogens with one attached hydrogen (secondary N) is 2. The zero-order chi connectivity index (χ0) is 17.6. The molecule has 0 aliphatic heterocycles. The third-order valence-electron chi connectivity index (χ3n) is 3.50. The van der Waals surface area contributed by atoms with Crippen molar-refractivity contribution in [2.75, 3.05) is 17.7 Å². The second kappa shape index (κ2) is 7.63. The molecular formula is C19H16N2O3S. The molecule has 2 amide bonds. The number of carbonyl (C=O) groups excluding carboxylic acids is 2. The Morgan fingerprint density at radius 1 is 0.840 bits per heavy atom. The first-order valence-corrected chi connectivity index (χ1v) is 8.44. The Bertz CT molecular complexity index is 874. The molecule has 3 rings (SSSR count). The highest BCUT2D eigenvalue weighted by atomic mass is 32.1. The highest BCUT2D eigenvalue weighted by molar-refractivity contribution is 7.12. The minimum absolute atomic E-state index is 0.152. The van der Waals surface area contributed by atoms with Gasteiger partial charge in [0.2, 0.25) is 0 Å². The molecule has 0 saturated carbocycles. The lowest BCUT2D eigenvalue weighted by atomic mass is 10.2. The Labute approximate surface area is 149 Å². The normalized spacial score (nSPS) is 10.1. The number of rotatable bonds is 5. The average molecular weight is 352 g/mol. The molecule has 126 valence electrons. The van der Waals surface area contributed by atoms with Crippen molar-refractivity contribution in [3.05, 3.63) is 76.5 Å². The predicted octanol–water partition coefficient (Wildman–Crippen LogP) is 4.26. The monoisotopic (exact) mass is 352 g/mol. The van der Waals surface area contributed by atoms with E-state index in [-0.39, 0.29) is 11.8 Å². The third-order valence-corrected chi connectivity index (χ3v) is 4.37. The molecule has 6 heteroatoms. The van der Waals surface area contributed by atoms with Gasteiger partial charge in [0.25, 0.3) is 11.8 Å². The van der Waals surface area contributed by atoms with E-state index >= 15 is 0 Å². The molecule has 25 heavy (non-hydrogen) atoms. The summed E-state index contributed by atoms with van der Waals surface area (Å²) in [4.78, 5) is 25.0. The summed E-state index contributed by atoms with van der Waals surface area (Å²) in [5.41, 5.74) is 1.75. The van der Waals surface area contributed by atoms with Gasteiger partial charge < -0.3 is 15.4 Å². The van der Waals surface area contributed by atoms with Crippen LogP contribution in [-0.4, -0.2) is 18.9 Å². The van der Waals surface area contributed by atoms with Crippen molar-refractivity contribution in [1.82, 2.24) is 0 Å². The number of methoxy groups -OCH3 is 1. The summed E-state index contributed by atoms with van der Waals surface area (Å²) in [5.74, 6) is 0.105. The number of benzene rings is 2. The summed E-state index contributed by atoms with van der Waals surface area (Å²) in [6, 6.07) is 17.6. The minimum atomic E-state index is -0.257. The van der Waals surface area contributed by atoms with Crippen molar-refractivity contribution >= 4 is 34.5 Å². The molecule has 0 radical (unpaired) electrons. The molecule has 3 aromatic rings. The van der Waals surface area contributed by atoms with Crippen LogP contribution in [0.5, 0.6) is 5.75 Å². The highest BCUT2D eigenvalue weighted by Gasteiger charge is 2.12. The Kier molecular flexibility index (Phi) is 5.11. The fourth-order valence-electron chi connectivity index (χ4n) is 2.27. The van der Waals surface area contributed by atoms with Gasteiger partial charge in [-0.15, -0.1) is 11.3 Å². The van der Waals surface area contributed by atoms with E-state index in [9.17, 15) is 9.59 Å². The Morgan fingerprint density at radius 2 is 1.48 bits per heavy atom. The summed E-state index contributed by atoms with van der Waals surface area (Å²) in [6.45, 7) is 0. The van der Waals surface area contributed by atoms with Gasteiger partial charge in [-0.3, -0.25) is 9.59 Å². The van der Waals surface area contributed by atoms with Crippen LogP contribution in [0, 0.1) is 0 Å². The summed E-state index contributed by atoms with van der Waals surface area (Å²) >= 11 is 1.38. The quantitative estimate of drug-likeness (QED) is 0.721. The van der Waals surface area contributed by atoms with Crippen molar-refractivity contribution in [2.45, 2.75) is 0 Å². The van der Waals surface area contributed by atoms with Crippen LogP contribution in [0.25, 0.3) is 0 Å². The minimum Gasteiger partial charge on any atom is -0.496 e. The smallest absolute Gasteiger partial charge is 0.265 e. The number of hydrogen-bond donors (Lipinski definition) is 2. The van der Waals surface area contributed by atoms with Crippen LogP contribution in [0.1, 0.15) is 20.0 Å². The Hall–Kier alpha value is -3.12. The summed E-state index contributed by atoms with van der Waals surface area (Å²) in [7, 11) is 1.52. The van der Waals surface area contributed by atoms with Crippen LogP contribution in [0.2, 0.25) is 0 Å². The zero-order valence-corrected chi connectivity index (χ0v) is 14.3. The molecule has 5 nitrogen and oxygen atoms in total. The van der Waals surface area contributed by atoms with Gasteiger partial charge in [-0.25, -0.2) is 0 Å². The largest absolute Gasteiger partial charge is 0.496 e. The van der Waals surface area contributed by atoms with Gasteiger partial charge in [0.15, 0.2) is 0 Å². The lowest BCUT2D eigenvalue weighted by molar-refractivity contribution is 0.101. The van der Waals surface area contributed by atoms with Gasteiger partial charge in [-0.05, 0) is 47.8 Å². The van der Waals surface area contributed by atoms with Crippen molar-refractivity contribution in [3.8, 4) is 5.75 Å². The maximum atomic E-state index is 12.4. The molecule has 0 aliphatic rings. The number of amides is 2. The lowest BCUT2D eigenvalue weighted by Gasteiger charge is -2.10.